The van der Waals surface area contributed by atoms with Crippen molar-refractivity contribution in [1.29, 1.82) is 0 Å². The molecule has 0 radical (unpaired) electrons. The number of aliphatic hydroxyl groups excluding tert-OH is 1. The van der Waals surface area contributed by atoms with Crippen molar-refractivity contribution in [2.75, 3.05) is 6.61 Å². The largest absolute Gasteiger partial charge is 0.393 e. The number of aliphatic hydroxyl groups is 1. The summed E-state index contributed by atoms with van der Waals surface area (Å²) >= 11 is 0. The van der Waals surface area contributed by atoms with E-state index in [9.17, 15) is 0 Å². The van der Waals surface area contributed by atoms with Crippen molar-refractivity contribution in [3.05, 3.63) is 0 Å². The highest BCUT2D eigenvalue weighted by atomic mass is 16.5. The van der Waals surface area contributed by atoms with E-state index in [1.165, 1.54) is 6.42 Å². The van der Waals surface area contributed by atoms with Gasteiger partial charge in [-0.25, -0.2) is 0 Å². The highest BCUT2D eigenvalue weighted by molar-refractivity contribution is 4.77. The molecule has 0 saturated carbocycles. The van der Waals surface area contributed by atoms with Gasteiger partial charge in [0.05, 0.1) is 18.8 Å². The summed E-state index contributed by atoms with van der Waals surface area (Å²) in [7, 11) is 0. The fourth-order valence-electron chi connectivity index (χ4n) is 1.47. The Morgan fingerprint density at radius 1 is 1.64 bits per heavy atom. The maximum atomic E-state index is 9.02. The zero-order chi connectivity index (χ0) is 8.27. The molecule has 1 heterocycles. The minimum Gasteiger partial charge on any atom is -0.393 e. The fraction of sp³-hybridized carbons (Fsp3) is 1.00. The van der Waals surface area contributed by atoms with Gasteiger partial charge >= 0.3 is 0 Å². The summed E-state index contributed by atoms with van der Waals surface area (Å²) in [6.07, 6.45) is 3.38. The zero-order valence-corrected chi connectivity index (χ0v) is 7.42. The molecule has 1 saturated heterocycles. The molecule has 11 heavy (non-hydrogen) atoms. The molecule has 66 valence electrons. The molecule has 1 rings (SSSR count). The van der Waals surface area contributed by atoms with E-state index in [1.54, 1.807) is 0 Å². The van der Waals surface area contributed by atoms with Gasteiger partial charge in [-0.15, -0.1) is 0 Å². The Morgan fingerprint density at radius 2 is 2.36 bits per heavy atom. The van der Waals surface area contributed by atoms with Gasteiger partial charge in [0.25, 0.3) is 0 Å². The third kappa shape index (κ3) is 2.46. The molecule has 0 aromatic carbocycles. The summed E-state index contributed by atoms with van der Waals surface area (Å²) in [5.41, 5.74) is 0. The van der Waals surface area contributed by atoms with Gasteiger partial charge in [-0.3, -0.25) is 0 Å². The van der Waals surface area contributed by atoms with Crippen LogP contribution < -0.4 is 0 Å². The van der Waals surface area contributed by atoms with Crippen molar-refractivity contribution in [3.8, 4) is 0 Å². The number of hydrogen-bond acceptors (Lipinski definition) is 2. The Bertz CT molecular complexity index is 110. The maximum absolute atomic E-state index is 9.02. The van der Waals surface area contributed by atoms with Crippen molar-refractivity contribution in [3.63, 3.8) is 0 Å². The molecule has 3 atom stereocenters. The summed E-state index contributed by atoms with van der Waals surface area (Å²) in [4.78, 5) is 0. The monoisotopic (exact) mass is 158 g/mol. The van der Waals surface area contributed by atoms with Crippen LogP contribution in [0.1, 0.15) is 33.1 Å². The normalized spacial score (nSPS) is 33.0. The second kappa shape index (κ2) is 4.07. The number of ether oxygens (including phenoxy) is 1. The van der Waals surface area contributed by atoms with Gasteiger partial charge in [0.15, 0.2) is 0 Å². The summed E-state index contributed by atoms with van der Waals surface area (Å²) in [6, 6.07) is 0. The van der Waals surface area contributed by atoms with Gasteiger partial charge in [0.2, 0.25) is 0 Å². The van der Waals surface area contributed by atoms with Crippen molar-refractivity contribution < 1.29 is 9.84 Å². The SMILES string of the molecule is CCC1COC1CCC(C)O. The van der Waals surface area contributed by atoms with E-state index in [-0.39, 0.29) is 6.10 Å². The summed E-state index contributed by atoms with van der Waals surface area (Å²) in [5, 5.41) is 9.02. The van der Waals surface area contributed by atoms with Crippen LogP contribution in [0.4, 0.5) is 0 Å². The van der Waals surface area contributed by atoms with Gasteiger partial charge in [0.1, 0.15) is 0 Å². The highest BCUT2D eigenvalue weighted by Gasteiger charge is 2.29. The van der Waals surface area contributed by atoms with Crippen LogP contribution in [-0.4, -0.2) is 23.9 Å². The van der Waals surface area contributed by atoms with E-state index in [4.69, 9.17) is 9.84 Å². The Balaban J connectivity index is 2.07. The Labute approximate surface area is 68.6 Å². The first kappa shape index (κ1) is 9.01. The fourth-order valence-corrected chi connectivity index (χ4v) is 1.47. The molecule has 0 aromatic rings. The number of hydrogen-bond donors (Lipinski definition) is 1. The minimum absolute atomic E-state index is 0.170. The average Bonchev–Trinajstić information content (AvgIpc) is 1.86. The lowest BCUT2D eigenvalue weighted by molar-refractivity contribution is -0.122. The van der Waals surface area contributed by atoms with Crippen LogP contribution >= 0.6 is 0 Å². The standard InChI is InChI=1S/C9H18O2/c1-3-8-6-11-9(8)5-4-7(2)10/h7-10H,3-6H2,1-2H3. The predicted molar refractivity (Wildman–Crippen MR) is 44.4 cm³/mol. The first-order valence-electron chi connectivity index (χ1n) is 4.53. The topological polar surface area (TPSA) is 29.5 Å². The minimum atomic E-state index is -0.170. The van der Waals surface area contributed by atoms with E-state index in [0.29, 0.717) is 6.10 Å². The molecule has 2 nitrogen and oxygen atoms in total. The van der Waals surface area contributed by atoms with Crippen LogP contribution in [0.2, 0.25) is 0 Å². The lowest BCUT2D eigenvalue weighted by atomic mass is 9.91. The quantitative estimate of drug-likeness (QED) is 0.673. The second-order valence-corrected chi connectivity index (χ2v) is 3.47. The molecule has 3 unspecified atom stereocenters. The molecule has 0 spiro atoms. The van der Waals surface area contributed by atoms with Gasteiger partial charge in [-0.1, -0.05) is 6.92 Å². The molecule has 1 aliphatic heterocycles. The van der Waals surface area contributed by atoms with Crippen LogP contribution in [0.5, 0.6) is 0 Å². The Morgan fingerprint density at radius 3 is 2.73 bits per heavy atom. The van der Waals surface area contributed by atoms with Crippen molar-refractivity contribution >= 4 is 0 Å². The van der Waals surface area contributed by atoms with E-state index in [1.807, 2.05) is 6.92 Å². The van der Waals surface area contributed by atoms with Gasteiger partial charge in [0, 0.05) is 5.92 Å². The third-order valence-electron chi connectivity index (χ3n) is 2.44. The van der Waals surface area contributed by atoms with Gasteiger partial charge < -0.3 is 9.84 Å². The molecule has 0 amide bonds. The molecular weight excluding hydrogens is 140 g/mol. The first-order chi connectivity index (χ1) is 5.24. The smallest absolute Gasteiger partial charge is 0.0626 e. The molecule has 1 fully saturated rings. The van der Waals surface area contributed by atoms with Crippen molar-refractivity contribution in [2.45, 2.75) is 45.3 Å². The van der Waals surface area contributed by atoms with Crippen LogP contribution in [0.3, 0.4) is 0 Å². The Kier molecular flexibility index (Phi) is 3.34. The van der Waals surface area contributed by atoms with E-state index < -0.39 is 0 Å². The second-order valence-electron chi connectivity index (χ2n) is 3.47. The average molecular weight is 158 g/mol. The molecule has 0 aromatic heterocycles. The van der Waals surface area contributed by atoms with Crippen LogP contribution in [0, 0.1) is 5.92 Å². The summed E-state index contributed by atoms with van der Waals surface area (Å²) in [6.45, 7) is 4.96. The van der Waals surface area contributed by atoms with E-state index in [0.717, 1.165) is 25.4 Å². The summed E-state index contributed by atoms with van der Waals surface area (Å²) < 4.78 is 5.37. The lowest BCUT2D eigenvalue weighted by Crippen LogP contribution is -2.39. The predicted octanol–water partition coefficient (Wildman–Crippen LogP) is 1.57. The van der Waals surface area contributed by atoms with E-state index in [2.05, 4.69) is 6.92 Å². The zero-order valence-electron chi connectivity index (χ0n) is 7.42. The molecule has 2 heteroatoms. The molecular formula is C9H18O2. The summed E-state index contributed by atoms with van der Waals surface area (Å²) in [5.74, 6) is 0.758. The van der Waals surface area contributed by atoms with Crippen LogP contribution in [-0.2, 0) is 4.74 Å². The first-order valence-corrected chi connectivity index (χ1v) is 4.53. The van der Waals surface area contributed by atoms with Crippen molar-refractivity contribution in [2.24, 2.45) is 5.92 Å². The van der Waals surface area contributed by atoms with Crippen molar-refractivity contribution in [1.82, 2.24) is 0 Å². The van der Waals surface area contributed by atoms with Gasteiger partial charge in [-0.05, 0) is 26.2 Å². The van der Waals surface area contributed by atoms with Crippen LogP contribution in [0.25, 0.3) is 0 Å². The molecule has 0 bridgehead atoms. The Hall–Kier alpha value is -0.0800. The third-order valence-corrected chi connectivity index (χ3v) is 2.44. The van der Waals surface area contributed by atoms with Gasteiger partial charge in [-0.2, -0.15) is 0 Å². The number of rotatable bonds is 4. The molecule has 0 aliphatic carbocycles. The lowest BCUT2D eigenvalue weighted by Gasteiger charge is -2.36. The van der Waals surface area contributed by atoms with E-state index >= 15 is 0 Å². The van der Waals surface area contributed by atoms with Crippen LogP contribution in [0.15, 0.2) is 0 Å². The maximum Gasteiger partial charge on any atom is 0.0626 e. The molecule has 1 N–H and O–H groups in total. The molecule has 1 aliphatic rings. The highest BCUT2D eigenvalue weighted by Crippen LogP contribution is 2.27.